The van der Waals surface area contributed by atoms with Gasteiger partial charge < -0.3 is 10.2 Å². The van der Waals surface area contributed by atoms with Crippen LogP contribution in [0.1, 0.15) is 29.4 Å². The highest BCUT2D eigenvalue weighted by Gasteiger charge is 2.13. The summed E-state index contributed by atoms with van der Waals surface area (Å²) in [6.07, 6.45) is 4.06. The molecule has 1 amide bonds. The first-order valence-corrected chi connectivity index (χ1v) is 8.74. The Bertz CT molecular complexity index is 820. The SMILES string of the molecule is CCCNC(=O)c1cnc(N(Cc2ccccc2)c2ccccc2)cn1. The van der Waals surface area contributed by atoms with Crippen LogP contribution in [0.4, 0.5) is 11.5 Å². The zero-order valence-electron chi connectivity index (χ0n) is 14.8. The molecule has 3 aromatic rings. The molecular weight excluding hydrogens is 324 g/mol. The summed E-state index contributed by atoms with van der Waals surface area (Å²) >= 11 is 0. The van der Waals surface area contributed by atoms with Crippen molar-refractivity contribution in [1.29, 1.82) is 0 Å². The van der Waals surface area contributed by atoms with Crippen molar-refractivity contribution >= 4 is 17.4 Å². The molecule has 1 aromatic heterocycles. The molecular formula is C21H22N4O. The lowest BCUT2D eigenvalue weighted by atomic mass is 10.2. The first-order chi connectivity index (χ1) is 12.8. The highest BCUT2D eigenvalue weighted by molar-refractivity contribution is 5.92. The minimum absolute atomic E-state index is 0.194. The molecule has 0 atom stereocenters. The summed E-state index contributed by atoms with van der Waals surface area (Å²) in [5.74, 6) is 0.507. The maximum Gasteiger partial charge on any atom is 0.271 e. The van der Waals surface area contributed by atoms with Gasteiger partial charge in [-0.15, -0.1) is 0 Å². The van der Waals surface area contributed by atoms with Crippen LogP contribution < -0.4 is 10.2 Å². The number of anilines is 2. The molecule has 0 saturated heterocycles. The zero-order chi connectivity index (χ0) is 18.2. The second kappa shape index (κ2) is 8.76. The van der Waals surface area contributed by atoms with Crippen LogP contribution in [0, 0.1) is 0 Å². The fourth-order valence-corrected chi connectivity index (χ4v) is 2.59. The van der Waals surface area contributed by atoms with Gasteiger partial charge in [-0.2, -0.15) is 0 Å². The van der Waals surface area contributed by atoms with E-state index in [1.807, 2.05) is 55.5 Å². The van der Waals surface area contributed by atoms with Gasteiger partial charge in [0.15, 0.2) is 5.82 Å². The summed E-state index contributed by atoms with van der Waals surface area (Å²) in [5.41, 5.74) is 2.52. The summed E-state index contributed by atoms with van der Waals surface area (Å²) in [5, 5.41) is 2.81. The number of nitrogens with one attached hydrogen (secondary N) is 1. The summed E-state index contributed by atoms with van der Waals surface area (Å²) in [4.78, 5) is 22.9. The predicted octanol–water partition coefficient (Wildman–Crippen LogP) is 3.95. The minimum atomic E-state index is -0.194. The van der Waals surface area contributed by atoms with Crippen molar-refractivity contribution in [3.63, 3.8) is 0 Å². The van der Waals surface area contributed by atoms with E-state index in [0.717, 1.165) is 12.1 Å². The van der Waals surface area contributed by atoms with Gasteiger partial charge in [0, 0.05) is 18.8 Å². The molecule has 0 aliphatic carbocycles. The number of hydrogen-bond acceptors (Lipinski definition) is 4. The molecule has 0 fully saturated rings. The molecule has 0 radical (unpaired) electrons. The van der Waals surface area contributed by atoms with Gasteiger partial charge in [-0.25, -0.2) is 9.97 Å². The van der Waals surface area contributed by atoms with Gasteiger partial charge >= 0.3 is 0 Å². The Kier molecular flexibility index (Phi) is 5.93. The number of nitrogens with zero attached hydrogens (tertiary/aromatic N) is 3. The number of aromatic nitrogens is 2. The molecule has 0 unspecified atom stereocenters. The van der Waals surface area contributed by atoms with Crippen molar-refractivity contribution < 1.29 is 4.79 Å². The van der Waals surface area contributed by atoms with Crippen LogP contribution in [0.15, 0.2) is 73.1 Å². The summed E-state index contributed by atoms with van der Waals surface area (Å²) in [7, 11) is 0. The van der Waals surface area contributed by atoms with E-state index in [9.17, 15) is 4.79 Å². The van der Waals surface area contributed by atoms with Gasteiger partial charge in [-0.3, -0.25) is 4.79 Å². The quantitative estimate of drug-likeness (QED) is 0.704. The number of amides is 1. The van der Waals surface area contributed by atoms with Crippen molar-refractivity contribution in [1.82, 2.24) is 15.3 Å². The molecule has 0 aliphatic heterocycles. The lowest BCUT2D eigenvalue weighted by Crippen LogP contribution is -2.25. The lowest BCUT2D eigenvalue weighted by molar-refractivity contribution is 0.0948. The van der Waals surface area contributed by atoms with E-state index in [4.69, 9.17) is 0 Å². The Hall–Kier alpha value is -3.21. The van der Waals surface area contributed by atoms with Crippen molar-refractivity contribution in [2.45, 2.75) is 19.9 Å². The van der Waals surface area contributed by atoms with Gasteiger partial charge in [-0.05, 0) is 24.1 Å². The molecule has 0 bridgehead atoms. The molecule has 0 saturated carbocycles. The average Bonchev–Trinajstić information content (AvgIpc) is 2.72. The standard InChI is InChI=1S/C21H22N4O/c1-2-13-22-21(26)19-14-24-20(15-23-19)25(18-11-7-4-8-12-18)16-17-9-5-3-6-10-17/h3-12,14-15H,2,13,16H2,1H3,(H,22,26). The lowest BCUT2D eigenvalue weighted by Gasteiger charge is -2.23. The topological polar surface area (TPSA) is 58.1 Å². The molecule has 3 rings (SSSR count). The molecule has 26 heavy (non-hydrogen) atoms. The summed E-state index contributed by atoms with van der Waals surface area (Å²) < 4.78 is 0. The zero-order valence-corrected chi connectivity index (χ0v) is 14.8. The van der Waals surface area contributed by atoms with Gasteiger partial charge in [0.25, 0.3) is 5.91 Å². The monoisotopic (exact) mass is 346 g/mol. The first-order valence-electron chi connectivity index (χ1n) is 8.74. The van der Waals surface area contributed by atoms with E-state index < -0.39 is 0 Å². The number of hydrogen-bond donors (Lipinski definition) is 1. The van der Waals surface area contributed by atoms with Gasteiger partial charge in [0.1, 0.15) is 5.69 Å². The molecule has 5 nitrogen and oxygen atoms in total. The largest absolute Gasteiger partial charge is 0.351 e. The first kappa shape index (κ1) is 17.6. The van der Waals surface area contributed by atoms with E-state index in [0.29, 0.717) is 24.6 Å². The third kappa shape index (κ3) is 4.45. The van der Waals surface area contributed by atoms with Gasteiger partial charge in [0.05, 0.1) is 12.4 Å². The Labute approximate surface area is 153 Å². The number of carbonyl (C=O) groups excluding carboxylic acids is 1. The highest BCUT2D eigenvalue weighted by Crippen LogP contribution is 2.25. The predicted molar refractivity (Wildman–Crippen MR) is 103 cm³/mol. The number of rotatable bonds is 7. The van der Waals surface area contributed by atoms with E-state index in [2.05, 4.69) is 32.3 Å². The number of carbonyl (C=O) groups is 1. The van der Waals surface area contributed by atoms with Crippen LogP contribution in [0.5, 0.6) is 0 Å². The summed E-state index contributed by atoms with van der Waals surface area (Å²) in [6.45, 7) is 3.31. The number of benzene rings is 2. The Morgan fingerprint density at radius 2 is 1.65 bits per heavy atom. The second-order valence-corrected chi connectivity index (χ2v) is 5.92. The smallest absolute Gasteiger partial charge is 0.271 e. The maximum absolute atomic E-state index is 12.0. The van der Waals surface area contributed by atoms with E-state index in [1.165, 1.54) is 11.8 Å². The third-order valence-electron chi connectivity index (χ3n) is 3.93. The van der Waals surface area contributed by atoms with E-state index in [1.54, 1.807) is 6.20 Å². The molecule has 2 aromatic carbocycles. The summed E-state index contributed by atoms with van der Waals surface area (Å²) in [6, 6.07) is 20.2. The molecule has 0 spiro atoms. The van der Waals surface area contributed by atoms with E-state index in [-0.39, 0.29) is 5.91 Å². The Morgan fingerprint density at radius 1 is 0.962 bits per heavy atom. The Morgan fingerprint density at radius 3 is 2.27 bits per heavy atom. The van der Waals surface area contributed by atoms with E-state index >= 15 is 0 Å². The number of para-hydroxylation sites is 1. The normalized spacial score (nSPS) is 10.3. The van der Waals surface area contributed by atoms with Gasteiger partial charge in [-0.1, -0.05) is 55.5 Å². The Balaban J connectivity index is 1.86. The highest BCUT2D eigenvalue weighted by atomic mass is 16.1. The van der Waals surface area contributed by atoms with Crippen molar-refractivity contribution in [2.75, 3.05) is 11.4 Å². The second-order valence-electron chi connectivity index (χ2n) is 5.92. The van der Waals surface area contributed by atoms with Crippen LogP contribution in [-0.2, 0) is 6.54 Å². The van der Waals surface area contributed by atoms with Crippen LogP contribution in [0.3, 0.4) is 0 Å². The maximum atomic E-state index is 12.0. The van der Waals surface area contributed by atoms with Crippen molar-refractivity contribution in [2.24, 2.45) is 0 Å². The van der Waals surface area contributed by atoms with Crippen molar-refractivity contribution in [3.8, 4) is 0 Å². The average molecular weight is 346 g/mol. The van der Waals surface area contributed by atoms with Crippen molar-refractivity contribution in [3.05, 3.63) is 84.3 Å². The molecule has 5 heteroatoms. The molecule has 1 N–H and O–H groups in total. The fraction of sp³-hybridized carbons (Fsp3) is 0.190. The van der Waals surface area contributed by atoms with Crippen LogP contribution >= 0.6 is 0 Å². The molecule has 1 heterocycles. The fourth-order valence-electron chi connectivity index (χ4n) is 2.59. The van der Waals surface area contributed by atoms with Crippen LogP contribution in [0.25, 0.3) is 0 Å². The van der Waals surface area contributed by atoms with Gasteiger partial charge in [0.2, 0.25) is 0 Å². The minimum Gasteiger partial charge on any atom is -0.351 e. The van der Waals surface area contributed by atoms with Crippen LogP contribution in [-0.4, -0.2) is 22.4 Å². The third-order valence-corrected chi connectivity index (χ3v) is 3.93. The molecule has 0 aliphatic rings. The molecule has 132 valence electrons. The van der Waals surface area contributed by atoms with Crippen LogP contribution in [0.2, 0.25) is 0 Å².